The average Bonchev–Trinajstić information content (AvgIpc) is 2.38. The van der Waals surface area contributed by atoms with Crippen molar-refractivity contribution in [3.63, 3.8) is 0 Å². The number of carbonyl (C=O) groups is 1. The highest BCUT2D eigenvalue weighted by molar-refractivity contribution is 5.63. The van der Waals surface area contributed by atoms with Gasteiger partial charge in [0.05, 0.1) is 0 Å². The fraction of sp³-hybridized carbons (Fsp3) is 0.235. The zero-order valence-electron chi connectivity index (χ0n) is 12.0. The molecule has 2 rings (SSSR count). The van der Waals surface area contributed by atoms with E-state index in [1.807, 2.05) is 6.07 Å². The fourth-order valence-corrected chi connectivity index (χ4v) is 1.79. The predicted molar refractivity (Wildman–Crippen MR) is 81.2 cm³/mol. The third-order valence-electron chi connectivity index (χ3n) is 2.86. The Labute approximate surface area is 119 Å². The highest BCUT2D eigenvalue weighted by Crippen LogP contribution is 2.25. The van der Waals surface area contributed by atoms with Crippen molar-refractivity contribution in [1.82, 2.24) is 0 Å². The fourth-order valence-electron chi connectivity index (χ4n) is 1.79. The van der Waals surface area contributed by atoms with Crippen molar-refractivity contribution in [2.45, 2.75) is 26.2 Å². The minimum Gasteiger partial charge on any atom is -0.450 e. The van der Waals surface area contributed by atoms with E-state index in [0.29, 0.717) is 0 Å². The molecule has 3 heteroatoms. The number of hydrogen-bond acceptors (Lipinski definition) is 1. The molecule has 3 nitrogen and oxygen atoms in total. The molecule has 0 saturated carbocycles. The van der Waals surface area contributed by atoms with E-state index in [4.69, 9.17) is 15.0 Å². The average molecular weight is 272 g/mol. The summed E-state index contributed by atoms with van der Waals surface area (Å²) in [6, 6.07) is 19.3. The van der Waals surface area contributed by atoms with Gasteiger partial charge in [-0.1, -0.05) is 75.4 Å². The Morgan fingerprint density at radius 2 is 1.20 bits per heavy atom. The minimum absolute atomic E-state index is 0.231. The van der Waals surface area contributed by atoms with Crippen LogP contribution >= 0.6 is 0 Å². The van der Waals surface area contributed by atoms with Crippen molar-refractivity contribution in [1.29, 1.82) is 0 Å². The SMILES string of the molecule is CC(C)(C)c1ccc(-c2ccccc2)cc1.O=C(O)O. The van der Waals surface area contributed by atoms with E-state index in [0.717, 1.165) is 0 Å². The summed E-state index contributed by atoms with van der Waals surface area (Å²) >= 11 is 0. The van der Waals surface area contributed by atoms with Crippen molar-refractivity contribution < 1.29 is 15.0 Å². The van der Waals surface area contributed by atoms with Crippen molar-refractivity contribution in [2.24, 2.45) is 0 Å². The quantitative estimate of drug-likeness (QED) is 0.778. The third-order valence-corrected chi connectivity index (χ3v) is 2.86. The standard InChI is InChI=1S/C16H18.CH2O3/c1-16(2,3)15-11-9-14(10-12-15)13-7-5-4-6-8-13;2-1(3)4/h4-12H,1-3H3;(H2,2,3,4). The first-order valence-electron chi connectivity index (χ1n) is 6.38. The highest BCUT2D eigenvalue weighted by atomic mass is 16.6. The first kappa shape index (κ1) is 15.8. The molecule has 20 heavy (non-hydrogen) atoms. The van der Waals surface area contributed by atoms with Crippen LogP contribution in [0.15, 0.2) is 54.6 Å². The van der Waals surface area contributed by atoms with Gasteiger partial charge in [-0.2, -0.15) is 0 Å². The first-order chi connectivity index (χ1) is 9.30. The zero-order chi connectivity index (χ0) is 15.2. The van der Waals surface area contributed by atoms with Gasteiger partial charge in [0.1, 0.15) is 0 Å². The number of hydrogen-bond donors (Lipinski definition) is 2. The second-order valence-electron chi connectivity index (χ2n) is 5.48. The van der Waals surface area contributed by atoms with Gasteiger partial charge in [-0.25, -0.2) is 4.79 Å². The second-order valence-corrected chi connectivity index (χ2v) is 5.48. The number of benzene rings is 2. The summed E-state index contributed by atoms with van der Waals surface area (Å²) in [6.07, 6.45) is -1.83. The van der Waals surface area contributed by atoms with Crippen LogP contribution < -0.4 is 0 Å². The lowest BCUT2D eigenvalue weighted by Gasteiger charge is -2.19. The van der Waals surface area contributed by atoms with Crippen LogP contribution in [-0.2, 0) is 5.41 Å². The van der Waals surface area contributed by atoms with Gasteiger partial charge in [-0.3, -0.25) is 0 Å². The maximum Gasteiger partial charge on any atom is 0.503 e. The largest absolute Gasteiger partial charge is 0.503 e. The van der Waals surface area contributed by atoms with Gasteiger partial charge in [-0.15, -0.1) is 0 Å². The zero-order valence-corrected chi connectivity index (χ0v) is 12.0. The summed E-state index contributed by atoms with van der Waals surface area (Å²) < 4.78 is 0. The van der Waals surface area contributed by atoms with Crippen LogP contribution in [0.25, 0.3) is 11.1 Å². The smallest absolute Gasteiger partial charge is 0.450 e. The molecule has 0 aliphatic rings. The summed E-state index contributed by atoms with van der Waals surface area (Å²) in [6.45, 7) is 6.72. The molecule has 0 spiro atoms. The van der Waals surface area contributed by atoms with Crippen molar-refractivity contribution in [2.75, 3.05) is 0 Å². The second kappa shape index (κ2) is 6.75. The lowest BCUT2D eigenvalue weighted by atomic mass is 9.86. The lowest BCUT2D eigenvalue weighted by Crippen LogP contribution is -2.10. The van der Waals surface area contributed by atoms with Gasteiger partial charge in [0, 0.05) is 0 Å². The summed E-state index contributed by atoms with van der Waals surface area (Å²) in [4.78, 5) is 8.56. The molecule has 0 saturated heterocycles. The summed E-state index contributed by atoms with van der Waals surface area (Å²) in [5.41, 5.74) is 4.18. The molecule has 0 amide bonds. The van der Waals surface area contributed by atoms with Crippen LogP contribution in [0.2, 0.25) is 0 Å². The molecule has 0 unspecified atom stereocenters. The Morgan fingerprint density at radius 1 is 0.800 bits per heavy atom. The van der Waals surface area contributed by atoms with Crippen LogP contribution in [0.4, 0.5) is 4.79 Å². The first-order valence-corrected chi connectivity index (χ1v) is 6.38. The summed E-state index contributed by atoms with van der Waals surface area (Å²) in [5, 5.41) is 13.9. The maximum absolute atomic E-state index is 8.56. The van der Waals surface area contributed by atoms with E-state index in [1.165, 1.54) is 16.7 Å². The molecule has 0 radical (unpaired) electrons. The van der Waals surface area contributed by atoms with Crippen LogP contribution in [0, 0.1) is 0 Å². The minimum atomic E-state index is -1.83. The van der Waals surface area contributed by atoms with Crippen LogP contribution in [0.3, 0.4) is 0 Å². The van der Waals surface area contributed by atoms with Gasteiger partial charge in [0.25, 0.3) is 0 Å². The Balaban J connectivity index is 0.000000444. The Morgan fingerprint density at radius 3 is 1.60 bits per heavy atom. The van der Waals surface area contributed by atoms with Crippen LogP contribution in [0.5, 0.6) is 0 Å². The van der Waals surface area contributed by atoms with E-state index in [-0.39, 0.29) is 5.41 Å². The van der Waals surface area contributed by atoms with Crippen LogP contribution in [-0.4, -0.2) is 16.4 Å². The Hall–Kier alpha value is -2.29. The molecule has 2 aromatic rings. The van der Waals surface area contributed by atoms with E-state index in [2.05, 4.69) is 69.3 Å². The molecule has 0 aliphatic heterocycles. The number of rotatable bonds is 1. The molecule has 2 N–H and O–H groups in total. The van der Waals surface area contributed by atoms with E-state index >= 15 is 0 Å². The highest BCUT2D eigenvalue weighted by Gasteiger charge is 2.12. The van der Waals surface area contributed by atoms with Gasteiger partial charge in [0.15, 0.2) is 0 Å². The normalized spacial score (nSPS) is 10.3. The molecular weight excluding hydrogens is 252 g/mol. The molecule has 0 aromatic heterocycles. The summed E-state index contributed by atoms with van der Waals surface area (Å²) in [7, 11) is 0. The van der Waals surface area contributed by atoms with Gasteiger partial charge >= 0.3 is 6.16 Å². The predicted octanol–water partition coefficient (Wildman–Crippen LogP) is 4.87. The molecule has 0 bridgehead atoms. The van der Waals surface area contributed by atoms with Gasteiger partial charge in [0.2, 0.25) is 0 Å². The Kier molecular flexibility index (Phi) is 5.32. The van der Waals surface area contributed by atoms with Gasteiger partial charge in [-0.05, 0) is 22.1 Å². The van der Waals surface area contributed by atoms with Gasteiger partial charge < -0.3 is 10.2 Å². The molecule has 0 heterocycles. The molecule has 0 atom stereocenters. The Bertz CT molecular complexity index is 533. The third kappa shape index (κ3) is 5.14. The monoisotopic (exact) mass is 272 g/mol. The topological polar surface area (TPSA) is 57.5 Å². The molecule has 0 aliphatic carbocycles. The van der Waals surface area contributed by atoms with Crippen LogP contribution in [0.1, 0.15) is 26.3 Å². The maximum atomic E-state index is 8.56. The molecular formula is C17H20O3. The van der Waals surface area contributed by atoms with Crippen molar-refractivity contribution in [3.05, 3.63) is 60.2 Å². The van der Waals surface area contributed by atoms with Crippen molar-refractivity contribution >= 4 is 6.16 Å². The van der Waals surface area contributed by atoms with E-state index < -0.39 is 6.16 Å². The van der Waals surface area contributed by atoms with Crippen molar-refractivity contribution in [3.8, 4) is 11.1 Å². The van der Waals surface area contributed by atoms with E-state index in [9.17, 15) is 0 Å². The summed E-state index contributed by atoms with van der Waals surface area (Å²) in [5.74, 6) is 0. The molecule has 2 aromatic carbocycles. The number of carboxylic acid groups (broad SMARTS) is 2. The molecule has 106 valence electrons. The van der Waals surface area contributed by atoms with E-state index in [1.54, 1.807) is 0 Å². The molecule has 0 fully saturated rings. The lowest BCUT2D eigenvalue weighted by molar-refractivity contribution is 0.137.